The Morgan fingerprint density at radius 2 is 1.92 bits per heavy atom. The second kappa shape index (κ2) is 11.6. The highest BCUT2D eigenvalue weighted by molar-refractivity contribution is 14.0. The van der Waals surface area contributed by atoms with E-state index in [0.717, 1.165) is 36.9 Å². The molecule has 2 unspecified atom stereocenters. The van der Waals surface area contributed by atoms with E-state index in [2.05, 4.69) is 43.2 Å². The van der Waals surface area contributed by atoms with E-state index >= 15 is 0 Å². The Morgan fingerprint density at radius 1 is 1.17 bits per heavy atom. The Labute approximate surface area is 166 Å². The van der Waals surface area contributed by atoms with Gasteiger partial charge in [-0.05, 0) is 57.9 Å². The molecule has 0 bridgehead atoms. The number of aliphatic imine (C=N–C) groups is 1. The van der Waals surface area contributed by atoms with Gasteiger partial charge < -0.3 is 15.5 Å². The molecule has 142 valence electrons. The highest BCUT2D eigenvalue weighted by Crippen LogP contribution is 2.31. The summed E-state index contributed by atoms with van der Waals surface area (Å²) >= 11 is 0. The van der Waals surface area contributed by atoms with Gasteiger partial charge in [0.15, 0.2) is 5.96 Å². The monoisotopic (exact) mass is 450 g/mol. The summed E-state index contributed by atoms with van der Waals surface area (Å²) in [5.74, 6) is 2.57. The molecule has 1 heterocycles. The predicted molar refractivity (Wildman–Crippen MR) is 115 cm³/mol. The van der Waals surface area contributed by atoms with Crippen LogP contribution < -0.4 is 10.6 Å². The lowest BCUT2D eigenvalue weighted by molar-refractivity contribution is 0.315. The molecule has 2 rings (SSSR count). The van der Waals surface area contributed by atoms with Gasteiger partial charge in [-0.2, -0.15) is 0 Å². The number of nitrogens with zero attached hydrogens (tertiary/aromatic N) is 2. The number of likely N-dealkylation sites (tertiary alicyclic amines) is 1. The van der Waals surface area contributed by atoms with Crippen molar-refractivity contribution in [2.45, 2.75) is 78.3 Å². The summed E-state index contributed by atoms with van der Waals surface area (Å²) in [6, 6.07) is 1.41. The quantitative estimate of drug-likeness (QED) is 0.319. The average molecular weight is 450 g/mol. The van der Waals surface area contributed by atoms with Gasteiger partial charge in [0.05, 0.1) is 0 Å². The van der Waals surface area contributed by atoms with Crippen LogP contribution in [0.15, 0.2) is 4.99 Å². The van der Waals surface area contributed by atoms with E-state index in [0.29, 0.717) is 6.04 Å². The van der Waals surface area contributed by atoms with E-state index in [9.17, 15) is 0 Å². The molecular weight excluding hydrogens is 411 g/mol. The van der Waals surface area contributed by atoms with Gasteiger partial charge in [0.2, 0.25) is 0 Å². The number of hydrogen-bond donors (Lipinski definition) is 2. The Morgan fingerprint density at radius 3 is 2.54 bits per heavy atom. The molecule has 4 nitrogen and oxygen atoms in total. The zero-order chi connectivity index (χ0) is 16.7. The van der Waals surface area contributed by atoms with Crippen molar-refractivity contribution in [2.24, 2.45) is 16.8 Å². The molecule has 5 heteroatoms. The number of nitrogens with one attached hydrogen (secondary N) is 2. The van der Waals surface area contributed by atoms with E-state index in [4.69, 9.17) is 4.99 Å². The second-order valence-corrected chi connectivity index (χ2v) is 7.97. The Bertz CT molecular complexity index is 368. The van der Waals surface area contributed by atoms with Gasteiger partial charge in [0.1, 0.15) is 0 Å². The molecule has 1 saturated carbocycles. The minimum Gasteiger partial charge on any atom is -0.357 e. The normalized spacial score (nSPS) is 23.2. The van der Waals surface area contributed by atoms with Crippen LogP contribution in [0.2, 0.25) is 0 Å². The van der Waals surface area contributed by atoms with Crippen LogP contribution >= 0.6 is 24.0 Å². The Hall–Kier alpha value is -0.0400. The third-order valence-corrected chi connectivity index (χ3v) is 5.03. The molecule has 1 aliphatic heterocycles. The molecule has 0 spiro atoms. The first-order chi connectivity index (χ1) is 11.1. The molecule has 1 aliphatic carbocycles. The van der Waals surface area contributed by atoms with Crippen LogP contribution in [0.25, 0.3) is 0 Å². The summed E-state index contributed by atoms with van der Waals surface area (Å²) in [6.07, 6.45) is 8.01. The van der Waals surface area contributed by atoms with Crippen LogP contribution in [0, 0.1) is 11.8 Å². The van der Waals surface area contributed by atoms with Crippen molar-refractivity contribution in [2.75, 3.05) is 26.2 Å². The average Bonchev–Trinajstić information content (AvgIpc) is 3.24. The molecule has 2 N–H and O–H groups in total. The van der Waals surface area contributed by atoms with Crippen LogP contribution in [-0.4, -0.2) is 49.1 Å². The summed E-state index contributed by atoms with van der Waals surface area (Å²) in [6.45, 7) is 13.5. The lowest BCUT2D eigenvalue weighted by atomic mass is 10.0. The first kappa shape index (κ1) is 22.0. The minimum absolute atomic E-state index is 0. The van der Waals surface area contributed by atoms with Gasteiger partial charge >= 0.3 is 0 Å². The molecule has 0 aromatic rings. The number of halogens is 1. The molecule has 0 aromatic heterocycles. The molecule has 2 aliphatic rings. The summed E-state index contributed by atoms with van der Waals surface area (Å²) in [5.41, 5.74) is 0. The van der Waals surface area contributed by atoms with Crippen molar-refractivity contribution < 1.29 is 0 Å². The van der Waals surface area contributed by atoms with Gasteiger partial charge in [-0.25, -0.2) is 0 Å². The van der Waals surface area contributed by atoms with E-state index in [1.165, 1.54) is 51.6 Å². The maximum absolute atomic E-state index is 4.86. The van der Waals surface area contributed by atoms with Crippen molar-refractivity contribution >= 4 is 29.9 Å². The number of guanidine groups is 1. The first-order valence-corrected chi connectivity index (χ1v) is 9.87. The molecule has 1 saturated heterocycles. The van der Waals surface area contributed by atoms with Crippen LogP contribution in [0.1, 0.15) is 66.2 Å². The van der Waals surface area contributed by atoms with Gasteiger partial charge in [0, 0.05) is 31.7 Å². The van der Waals surface area contributed by atoms with E-state index < -0.39 is 0 Å². The summed E-state index contributed by atoms with van der Waals surface area (Å²) in [7, 11) is 0. The van der Waals surface area contributed by atoms with Gasteiger partial charge in [-0.3, -0.25) is 4.99 Å². The predicted octanol–water partition coefficient (Wildman–Crippen LogP) is 3.86. The van der Waals surface area contributed by atoms with Crippen molar-refractivity contribution in [3.8, 4) is 0 Å². The molecule has 24 heavy (non-hydrogen) atoms. The van der Waals surface area contributed by atoms with E-state index in [-0.39, 0.29) is 24.0 Å². The van der Waals surface area contributed by atoms with Gasteiger partial charge in [-0.1, -0.05) is 26.7 Å². The fourth-order valence-corrected chi connectivity index (χ4v) is 3.46. The molecule has 0 radical (unpaired) electrons. The molecule has 2 fully saturated rings. The Balaban J connectivity index is 0.00000288. The third kappa shape index (κ3) is 8.37. The maximum atomic E-state index is 4.86. The van der Waals surface area contributed by atoms with Crippen molar-refractivity contribution in [3.05, 3.63) is 0 Å². The fourth-order valence-electron chi connectivity index (χ4n) is 3.46. The second-order valence-electron chi connectivity index (χ2n) is 7.97. The topological polar surface area (TPSA) is 39.7 Å². The lowest BCUT2D eigenvalue weighted by Crippen LogP contribution is -2.42. The lowest BCUT2D eigenvalue weighted by Gasteiger charge is -2.19. The van der Waals surface area contributed by atoms with Crippen molar-refractivity contribution in [1.82, 2.24) is 15.5 Å². The number of rotatable bonds is 9. The van der Waals surface area contributed by atoms with E-state index in [1.807, 2.05) is 0 Å². The first-order valence-electron chi connectivity index (χ1n) is 9.87. The van der Waals surface area contributed by atoms with Gasteiger partial charge in [0.25, 0.3) is 0 Å². The minimum atomic E-state index is 0. The van der Waals surface area contributed by atoms with Crippen LogP contribution in [-0.2, 0) is 0 Å². The SMILES string of the molecule is CCNC(=NCC1CCN(C2CC2)C1)NC(C)CCCC(C)C.I. The summed E-state index contributed by atoms with van der Waals surface area (Å²) in [5, 5.41) is 7.00. The zero-order valence-corrected chi connectivity index (χ0v) is 18.5. The Kier molecular flexibility index (Phi) is 10.6. The highest BCUT2D eigenvalue weighted by Gasteiger charge is 2.34. The fraction of sp³-hybridized carbons (Fsp3) is 0.947. The number of hydrogen-bond acceptors (Lipinski definition) is 2. The van der Waals surface area contributed by atoms with Crippen molar-refractivity contribution in [1.29, 1.82) is 0 Å². The third-order valence-electron chi connectivity index (χ3n) is 5.03. The summed E-state index contributed by atoms with van der Waals surface area (Å²) < 4.78 is 0. The highest BCUT2D eigenvalue weighted by atomic mass is 127. The van der Waals surface area contributed by atoms with Crippen LogP contribution in [0.3, 0.4) is 0 Å². The zero-order valence-electron chi connectivity index (χ0n) is 16.2. The smallest absolute Gasteiger partial charge is 0.191 e. The van der Waals surface area contributed by atoms with E-state index in [1.54, 1.807) is 0 Å². The maximum Gasteiger partial charge on any atom is 0.191 e. The summed E-state index contributed by atoms with van der Waals surface area (Å²) in [4.78, 5) is 7.54. The molecule has 0 amide bonds. The van der Waals surface area contributed by atoms with Crippen molar-refractivity contribution in [3.63, 3.8) is 0 Å². The molecule has 0 aromatic carbocycles. The van der Waals surface area contributed by atoms with Gasteiger partial charge in [-0.15, -0.1) is 24.0 Å². The van der Waals surface area contributed by atoms with Crippen LogP contribution in [0.5, 0.6) is 0 Å². The molecule has 2 atom stereocenters. The largest absolute Gasteiger partial charge is 0.357 e. The molecular formula is C19H39IN4. The standard InChI is InChI=1S/C19H38N4.HI/c1-5-20-19(22-16(4)8-6-7-15(2)3)21-13-17-11-12-23(14-17)18-9-10-18;/h15-18H,5-14H2,1-4H3,(H2,20,21,22);1H. The van der Waals surface area contributed by atoms with Crippen LogP contribution in [0.4, 0.5) is 0 Å².